The van der Waals surface area contributed by atoms with Crippen molar-refractivity contribution in [1.82, 2.24) is 9.88 Å². The van der Waals surface area contributed by atoms with E-state index in [0.717, 1.165) is 14.8 Å². The highest BCUT2D eigenvalue weighted by molar-refractivity contribution is 7.16. The third-order valence-electron chi connectivity index (χ3n) is 2.77. The van der Waals surface area contributed by atoms with E-state index in [9.17, 15) is 4.79 Å². The number of aromatic nitrogens is 1. The van der Waals surface area contributed by atoms with E-state index in [1.807, 2.05) is 31.2 Å². The number of carbonyl (C=O) groups is 1. The second kappa shape index (κ2) is 7.22. The van der Waals surface area contributed by atoms with Gasteiger partial charge in [-0.25, -0.2) is 0 Å². The summed E-state index contributed by atoms with van der Waals surface area (Å²) in [5, 5.41) is 0. The van der Waals surface area contributed by atoms with Crippen LogP contribution in [-0.4, -0.2) is 22.3 Å². The molecule has 104 valence electrons. The van der Waals surface area contributed by atoms with Gasteiger partial charge in [0, 0.05) is 29.9 Å². The molecular weight excluding hydrogens is 292 g/mol. The number of pyridine rings is 1. The van der Waals surface area contributed by atoms with Gasteiger partial charge >= 0.3 is 0 Å². The summed E-state index contributed by atoms with van der Waals surface area (Å²) in [4.78, 5) is 19.0. The summed E-state index contributed by atoms with van der Waals surface area (Å²) >= 11 is 7.40. The number of thiophene rings is 1. The minimum atomic E-state index is -0.0131. The van der Waals surface area contributed by atoms with Gasteiger partial charge in [0.15, 0.2) is 0 Å². The Bertz CT molecular complexity index is 595. The molecule has 0 atom stereocenters. The first-order valence-corrected chi connectivity index (χ1v) is 7.49. The van der Waals surface area contributed by atoms with Crippen LogP contribution in [0.1, 0.15) is 17.4 Å². The Labute approximate surface area is 127 Å². The molecule has 0 aliphatic carbocycles. The molecule has 0 N–H and O–H groups in total. The summed E-state index contributed by atoms with van der Waals surface area (Å²) < 4.78 is 0.745. The molecule has 20 heavy (non-hydrogen) atoms. The minimum absolute atomic E-state index is 0.0131. The molecule has 2 aromatic rings. The van der Waals surface area contributed by atoms with Crippen LogP contribution >= 0.6 is 22.9 Å². The average molecular weight is 307 g/mol. The molecule has 0 aliphatic heterocycles. The van der Waals surface area contributed by atoms with Gasteiger partial charge < -0.3 is 4.90 Å². The summed E-state index contributed by atoms with van der Waals surface area (Å²) in [5.41, 5.74) is 0.913. The van der Waals surface area contributed by atoms with Gasteiger partial charge in [0.1, 0.15) is 0 Å². The molecule has 0 bridgehead atoms. The maximum atomic E-state index is 12.1. The van der Waals surface area contributed by atoms with Crippen molar-refractivity contribution in [2.45, 2.75) is 13.5 Å². The predicted octanol–water partition coefficient (Wildman–Crippen LogP) is 3.86. The molecule has 3 nitrogen and oxygen atoms in total. The van der Waals surface area contributed by atoms with E-state index in [4.69, 9.17) is 11.6 Å². The van der Waals surface area contributed by atoms with Gasteiger partial charge in [-0.3, -0.25) is 9.78 Å². The summed E-state index contributed by atoms with van der Waals surface area (Å²) in [6, 6.07) is 7.56. The number of hydrogen-bond acceptors (Lipinski definition) is 3. The molecule has 0 fully saturated rings. The first-order valence-electron chi connectivity index (χ1n) is 6.30. The van der Waals surface area contributed by atoms with Crippen LogP contribution in [0, 0.1) is 0 Å². The van der Waals surface area contributed by atoms with Gasteiger partial charge in [-0.05, 0) is 36.8 Å². The molecular formula is C15H15ClN2OS. The number of hydrogen-bond donors (Lipinski definition) is 0. The summed E-state index contributed by atoms with van der Waals surface area (Å²) in [5.74, 6) is -0.0131. The lowest BCUT2D eigenvalue weighted by molar-refractivity contribution is -0.126. The smallest absolute Gasteiger partial charge is 0.246 e. The summed E-state index contributed by atoms with van der Waals surface area (Å²) in [6.45, 7) is 3.21. The van der Waals surface area contributed by atoms with Crippen LogP contribution < -0.4 is 0 Å². The fourth-order valence-corrected chi connectivity index (χ4v) is 2.82. The number of nitrogens with zero attached hydrogens (tertiary/aromatic N) is 2. The molecule has 0 spiro atoms. The van der Waals surface area contributed by atoms with Crippen molar-refractivity contribution in [2.24, 2.45) is 0 Å². The third kappa shape index (κ3) is 4.18. The molecule has 2 rings (SSSR count). The van der Waals surface area contributed by atoms with E-state index in [2.05, 4.69) is 4.98 Å². The molecule has 0 saturated heterocycles. The van der Waals surface area contributed by atoms with E-state index >= 15 is 0 Å². The number of likely N-dealkylation sites (N-methyl/N-ethyl adjacent to an activating group) is 1. The highest BCUT2D eigenvalue weighted by Crippen LogP contribution is 2.22. The Morgan fingerprint density at radius 1 is 1.45 bits per heavy atom. The first-order chi connectivity index (χ1) is 9.69. The second-order valence-corrected chi connectivity index (χ2v) is 5.98. The van der Waals surface area contributed by atoms with Crippen molar-refractivity contribution in [3.63, 3.8) is 0 Å². The Morgan fingerprint density at radius 2 is 2.30 bits per heavy atom. The van der Waals surface area contributed by atoms with E-state index in [-0.39, 0.29) is 5.91 Å². The Hall–Kier alpha value is -1.65. The molecule has 0 aromatic carbocycles. The first kappa shape index (κ1) is 14.8. The molecule has 2 heterocycles. The fraction of sp³-hybridized carbons (Fsp3) is 0.200. The maximum absolute atomic E-state index is 12.1. The molecule has 0 aliphatic rings. The van der Waals surface area contributed by atoms with Gasteiger partial charge in [0.2, 0.25) is 5.91 Å². The topological polar surface area (TPSA) is 33.2 Å². The van der Waals surface area contributed by atoms with Crippen molar-refractivity contribution in [2.75, 3.05) is 6.54 Å². The summed E-state index contributed by atoms with van der Waals surface area (Å²) in [7, 11) is 0. The van der Waals surface area contributed by atoms with E-state index in [0.29, 0.717) is 13.1 Å². The average Bonchev–Trinajstić information content (AvgIpc) is 2.88. The highest BCUT2D eigenvalue weighted by Gasteiger charge is 2.10. The maximum Gasteiger partial charge on any atom is 0.246 e. The van der Waals surface area contributed by atoms with Gasteiger partial charge in [0.25, 0.3) is 0 Å². The Morgan fingerprint density at radius 3 is 2.90 bits per heavy atom. The molecule has 0 saturated carbocycles. The monoisotopic (exact) mass is 306 g/mol. The number of rotatable bonds is 5. The SMILES string of the molecule is CCN(Cc1ccc(Cl)s1)C(=O)/C=C/c1cccnc1. The zero-order chi connectivity index (χ0) is 14.4. The number of carbonyl (C=O) groups excluding carboxylic acids is 1. The zero-order valence-corrected chi connectivity index (χ0v) is 12.7. The largest absolute Gasteiger partial charge is 0.334 e. The van der Waals surface area contributed by atoms with Crippen molar-refractivity contribution in [3.05, 3.63) is 57.5 Å². The van der Waals surface area contributed by atoms with Gasteiger partial charge in [-0.1, -0.05) is 17.7 Å². The lowest BCUT2D eigenvalue weighted by Gasteiger charge is -2.18. The van der Waals surface area contributed by atoms with Crippen LogP contribution in [0.15, 0.2) is 42.7 Å². The van der Waals surface area contributed by atoms with E-state index in [1.54, 1.807) is 29.4 Å². The van der Waals surface area contributed by atoms with Crippen molar-refractivity contribution < 1.29 is 4.79 Å². The van der Waals surface area contributed by atoms with Crippen molar-refractivity contribution in [1.29, 1.82) is 0 Å². The Kier molecular flexibility index (Phi) is 5.32. The zero-order valence-electron chi connectivity index (χ0n) is 11.1. The fourth-order valence-electron chi connectivity index (χ4n) is 1.72. The number of amides is 1. The third-order valence-corrected chi connectivity index (χ3v) is 3.99. The van der Waals surface area contributed by atoms with Crippen molar-refractivity contribution in [3.8, 4) is 0 Å². The molecule has 1 amide bonds. The molecule has 0 radical (unpaired) electrons. The highest BCUT2D eigenvalue weighted by atomic mass is 35.5. The lowest BCUT2D eigenvalue weighted by Crippen LogP contribution is -2.28. The molecule has 5 heteroatoms. The van der Waals surface area contributed by atoms with E-state index < -0.39 is 0 Å². The van der Waals surface area contributed by atoms with Crippen LogP contribution in [0.25, 0.3) is 6.08 Å². The van der Waals surface area contributed by atoms with Crippen LogP contribution in [0.3, 0.4) is 0 Å². The lowest BCUT2D eigenvalue weighted by atomic mass is 10.2. The minimum Gasteiger partial charge on any atom is -0.334 e. The Balaban J connectivity index is 2.00. The van der Waals surface area contributed by atoms with Crippen LogP contribution in [0.4, 0.5) is 0 Å². The van der Waals surface area contributed by atoms with Gasteiger partial charge in [-0.2, -0.15) is 0 Å². The molecule has 0 unspecified atom stereocenters. The predicted molar refractivity (Wildman–Crippen MR) is 83.7 cm³/mol. The van der Waals surface area contributed by atoms with E-state index in [1.165, 1.54) is 11.3 Å². The standard InChI is InChI=1S/C15H15ClN2OS/c1-2-18(11-13-6-7-14(16)20-13)15(19)8-5-12-4-3-9-17-10-12/h3-10H,2,11H2,1H3/b8-5+. The van der Waals surface area contributed by atoms with Crippen molar-refractivity contribution >= 4 is 34.9 Å². The second-order valence-electron chi connectivity index (χ2n) is 4.18. The van der Waals surface area contributed by atoms with Gasteiger partial charge in [0.05, 0.1) is 10.9 Å². The summed E-state index contributed by atoms with van der Waals surface area (Å²) in [6.07, 6.45) is 6.78. The number of halogens is 1. The quantitative estimate of drug-likeness (QED) is 0.786. The normalized spacial score (nSPS) is 10.9. The van der Waals surface area contributed by atoms with Crippen LogP contribution in [0.5, 0.6) is 0 Å². The van der Waals surface area contributed by atoms with Crippen LogP contribution in [-0.2, 0) is 11.3 Å². The van der Waals surface area contributed by atoms with Crippen LogP contribution in [0.2, 0.25) is 4.34 Å². The molecule has 2 aromatic heterocycles. The van der Waals surface area contributed by atoms with Gasteiger partial charge in [-0.15, -0.1) is 11.3 Å².